The quantitative estimate of drug-likeness (QED) is 0.379. The molecule has 0 aromatic rings. The first-order chi connectivity index (χ1) is 6.36. The topological polar surface area (TPSA) is 124 Å². The Labute approximate surface area is 83.0 Å². The van der Waals surface area contributed by atoms with Crippen LogP contribution in [0, 0.1) is 5.92 Å². The first kappa shape index (κ1) is 15.8. The Balaban J connectivity index is 0. The van der Waals surface area contributed by atoms with E-state index in [1.807, 2.05) is 0 Å². The highest BCUT2D eigenvalue weighted by molar-refractivity contribution is 5.73. The summed E-state index contributed by atoms with van der Waals surface area (Å²) in [5.41, 5.74) is 5.16. The van der Waals surface area contributed by atoms with E-state index >= 15 is 0 Å². The summed E-state index contributed by atoms with van der Waals surface area (Å²) < 4.78 is 0. The summed E-state index contributed by atoms with van der Waals surface area (Å²) in [6, 6.07) is -0.713. The molecule has 1 unspecified atom stereocenters. The van der Waals surface area contributed by atoms with Gasteiger partial charge in [0.2, 0.25) is 0 Å². The zero-order valence-electron chi connectivity index (χ0n) is 8.42. The van der Waals surface area contributed by atoms with Crippen LogP contribution in [0.4, 0.5) is 0 Å². The van der Waals surface area contributed by atoms with Crippen LogP contribution >= 0.6 is 0 Å². The number of hydrogen-bond acceptors (Lipinski definition) is 5. The van der Waals surface area contributed by atoms with Crippen LogP contribution < -0.4 is 5.73 Å². The van der Waals surface area contributed by atoms with Gasteiger partial charge in [-0.1, -0.05) is 13.8 Å². The number of carbonyl (C=O) groups is 1. The smallest absolute Gasteiger partial charge is 0.320 e. The molecule has 6 nitrogen and oxygen atoms in total. The number of aliphatic hydroxyl groups excluding tert-OH is 3. The van der Waals surface area contributed by atoms with E-state index in [1.54, 1.807) is 13.8 Å². The number of carboxylic acids is 1. The molecule has 1 atom stereocenters. The summed E-state index contributed by atoms with van der Waals surface area (Å²) in [7, 11) is 0. The van der Waals surface area contributed by atoms with Crippen molar-refractivity contribution >= 4 is 5.97 Å². The van der Waals surface area contributed by atoms with Crippen molar-refractivity contribution in [2.24, 2.45) is 11.7 Å². The van der Waals surface area contributed by atoms with Gasteiger partial charge in [-0.2, -0.15) is 0 Å². The van der Waals surface area contributed by atoms with Crippen molar-refractivity contribution in [3.63, 3.8) is 0 Å². The predicted molar refractivity (Wildman–Crippen MR) is 50.6 cm³/mol. The van der Waals surface area contributed by atoms with Gasteiger partial charge in [0, 0.05) is 0 Å². The number of hydrogen-bond donors (Lipinski definition) is 5. The molecule has 0 aromatic carbocycles. The van der Waals surface area contributed by atoms with Crippen LogP contribution in [0.3, 0.4) is 0 Å². The van der Waals surface area contributed by atoms with E-state index in [2.05, 4.69) is 0 Å². The van der Waals surface area contributed by atoms with Gasteiger partial charge in [0.1, 0.15) is 12.1 Å². The monoisotopic (exact) mass is 209 g/mol. The Kier molecular flexibility index (Phi) is 10.0. The average molecular weight is 209 g/mol. The number of aliphatic carboxylic acids is 1. The molecule has 86 valence electrons. The zero-order chi connectivity index (χ0) is 11.7. The Bertz CT molecular complexity index is 147. The SMILES string of the molecule is CC(C)C(N)C(=O)O.OCC(O)CO. The van der Waals surface area contributed by atoms with Crippen molar-refractivity contribution in [2.45, 2.75) is 26.0 Å². The Morgan fingerprint density at radius 3 is 1.64 bits per heavy atom. The van der Waals surface area contributed by atoms with Gasteiger partial charge in [-0.05, 0) is 5.92 Å². The molecule has 0 rings (SSSR count). The molecule has 14 heavy (non-hydrogen) atoms. The van der Waals surface area contributed by atoms with Gasteiger partial charge in [0.15, 0.2) is 0 Å². The molecule has 0 aliphatic heterocycles. The van der Waals surface area contributed by atoms with Crippen LogP contribution in [0.25, 0.3) is 0 Å². The third kappa shape index (κ3) is 9.40. The molecule has 6 N–H and O–H groups in total. The minimum atomic E-state index is -0.954. The van der Waals surface area contributed by atoms with Gasteiger partial charge >= 0.3 is 5.97 Å². The van der Waals surface area contributed by atoms with E-state index in [9.17, 15) is 4.79 Å². The predicted octanol–water partition coefficient (Wildman–Crippen LogP) is -1.61. The van der Waals surface area contributed by atoms with Crippen LogP contribution in [0.5, 0.6) is 0 Å². The molecule has 0 aliphatic carbocycles. The minimum Gasteiger partial charge on any atom is -0.480 e. The lowest BCUT2D eigenvalue weighted by Gasteiger charge is -2.07. The van der Waals surface area contributed by atoms with Crippen molar-refractivity contribution in [3.8, 4) is 0 Å². The van der Waals surface area contributed by atoms with E-state index in [0.717, 1.165) is 0 Å². The minimum absolute atomic E-state index is 0.0208. The molecule has 0 radical (unpaired) electrons. The molecule has 0 fully saturated rings. The van der Waals surface area contributed by atoms with Crippen molar-refractivity contribution < 1.29 is 25.2 Å². The highest BCUT2D eigenvalue weighted by atomic mass is 16.4. The third-order valence-electron chi connectivity index (χ3n) is 1.42. The highest BCUT2D eigenvalue weighted by Gasteiger charge is 2.14. The van der Waals surface area contributed by atoms with E-state index < -0.39 is 18.1 Å². The first-order valence-corrected chi connectivity index (χ1v) is 4.24. The molecule has 0 saturated carbocycles. The van der Waals surface area contributed by atoms with Crippen molar-refractivity contribution in [1.82, 2.24) is 0 Å². The molecule has 0 spiro atoms. The average Bonchev–Trinajstić information content (AvgIpc) is 2.15. The van der Waals surface area contributed by atoms with Crippen LogP contribution in [0.2, 0.25) is 0 Å². The summed E-state index contributed by atoms with van der Waals surface area (Å²) in [4.78, 5) is 10.0. The summed E-state index contributed by atoms with van der Waals surface area (Å²) in [6.07, 6.45) is -0.954. The number of nitrogens with two attached hydrogens (primary N) is 1. The molecule has 0 bridgehead atoms. The summed E-state index contributed by atoms with van der Waals surface area (Å²) in [5.74, 6) is -0.910. The first-order valence-electron chi connectivity index (χ1n) is 4.24. The summed E-state index contributed by atoms with van der Waals surface area (Å²) in [6.45, 7) is 2.82. The second-order valence-electron chi connectivity index (χ2n) is 3.13. The fraction of sp³-hybridized carbons (Fsp3) is 0.875. The molecule has 0 amide bonds. The fourth-order valence-corrected chi connectivity index (χ4v) is 0.343. The number of carboxylic acid groups (broad SMARTS) is 1. The molecular formula is C8H19NO5. The second kappa shape index (κ2) is 8.89. The zero-order valence-corrected chi connectivity index (χ0v) is 8.42. The fourth-order valence-electron chi connectivity index (χ4n) is 0.343. The molecule has 6 heteroatoms. The molecule has 0 heterocycles. The van der Waals surface area contributed by atoms with Crippen molar-refractivity contribution in [2.75, 3.05) is 13.2 Å². The summed E-state index contributed by atoms with van der Waals surface area (Å²) >= 11 is 0. The van der Waals surface area contributed by atoms with E-state index in [-0.39, 0.29) is 19.1 Å². The summed E-state index contributed by atoms with van der Waals surface area (Å²) in [5, 5.41) is 32.2. The lowest BCUT2D eigenvalue weighted by Crippen LogP contribution is -2.34. The Morgan fingerprint density at radius 1 is 1.29 bits per heavy atom. The standard InChI is InChI=1S/C5H11NO2.C3H8O3/c1-3(2)4(6)5(7)8;4-1-3(6)2-5/h3-4H,6H2,1-2H3,(H,7,8);3-6H,1-2H2. The molecular weight excluding hydrogens is 190 g/mol. The third-order valence-corrected chi connectivity index (χ3v) is 1.42. The number of aliphatic hydroxyl groups is 3. The molecule has 0 aliphatic rings. The van der Waals surface area contributed by atoms with Crippen LogP contribution in [-0.4, -0.2) is 51.8 Å². The van der Waals surface area contributed by atoms with Crippen molar-refractivity contribution in [3.05, 3.63) is 0 Å². The van der Waals surface area contributed by atoms with E-state index in [0.29, 0.717) is 0 Å². The highest BCUT2D eigenvalue weighted by Crippen LogP contribution is 1.96. The largest absolute Gasteiger partial charge is 0.480 e. The van der Waals surface area contributed by atoms with Gasteiger partial charge in [-0.3, -0.25) is 4.79 Å². The maximum Gasteiger partial charge on any atom is 0.320 e. The normalized spacial score (nSPS) is 12.3. The Hall–Kier alpha value is -0.690. The lowest BCUT2D eigenvalue weighted by atomic mass is 10.1. The lowest BCUT2D eigenvalue weighted by molar-refractivity contribution is -0.139. The van der Waals surface area contributed by atoms with Gasteiger partial charge in [-0.25, -0.2) is 0 Å². The van der Waals surface area contributed by atoms with Crippen LogP contribution in [0.15, 0.2) is 0 Å². The molecule has 0 saturated heterocycles. The van der Waals surface area contributed by atoms with Gasteiger partial charge < -0.3 is 26.2 Å². The van der Waals surface area contributed by atoms with Gasteiger partial charge in [0.05, 0.1) is 13.2 Å². The second-order valence-corrected chi connectivity index (χ2v) is 3.13. The number of rotatable bonds is 4. The van der Waals surface area contributed by atoms with Crippen LogP contribution in [0.1, 0.15) is 13.8 Å². The maximum atomic E-state index is 10.0. The van der Waals surface area contributed by atoms with E-state index in [1.165, 1.54) is 0 Å². The van der Waals surface area contributed by atoms with E-state index in [4.69, 9.17) is 26.2 Å². The van der Waals surface area contributed by atoms with Crippen molar-refractivity contribution in [1.29, 1.82) is 0 Å². The maximum absolute atomic E-state index is 10.0. The van der Waals surface area contributed by atoms with Crippen LogP contribution in [-0.2, 0) is 4.79 Å². The Morgan fingerprint density at radius 2 is 1.64 bits per heavy atom. The van der Waals surface area contributed by atoms with Gasteiger partial charge in [-0.15, -0.1) is 0 Å². The van der Waals surface area contributed by atoms with Gasteiger partial charge in [0.25, 0.3) is 0 Å². The molecule has 0 aromatic heterocycles.